The van der Waals surface area contributed by atoms with Crippen molar-refractivity contribution in [3.63, 3.8) is 0 Å². The van der Waals surface area contributed by atoms with E-state index in [-0.39, 0.29) is 11.5 Å². The Labute approximate surface area is 207 Å². The topological polar surface area (TPSA) is 95.5 Å². The van der Waals surface area contributed by atoms with E-state index in [1.807, 2.05) is 43.3 Å². The number of rotatable bonds is 8. The molecule has 8 heteroatoms. The van der Waals surface area contributed by atoms with Crippen LogP contribution in [0.25, 0.3) is 0 Å². The molecule has 0 aromatic heterocycles. The second kappa shape index (κ2) is 11.5. The molecule has 3 aromatic rings. The zero-order valence-corrected chi connectivity index (χ0v) is 20.1. The Hall–Kier alpha value is -3.55. The number of aliphatic carboxylic acids is 1. The summed E-state index contributed by atoms with van der Waals surface area (Å²) in [6, 6.07) is 21.8. The fraction of sp³-hybridized carbons (Fsp3) is 0.115. The van der Waals surface area contributed by atoms with Crippen molar-refractivity contribution in [2.24, 2.45) is 0 Å². The monoisotopic (exact) mass is 494 g/mol. The van der Waals surface area contributed by atoms with Gasteiger partial charge in [0.15, 0.2) is 0 Å². The number of nitrogens with one attached hydrogen (secondary N) is 2. The number of carbonyl (C=O) groups is 3. The Balaban J connectivity index is 1.76. The summed E-state index contributed by atoms with van der Waals surface area (Å²) in [6.07, 6.45) is 1.03. The molecule has 0 radical (unpaired) electrons. The molecule has 2 amide bonds. The number of carboxylic acid groups (broad SMARTS) is 1. The van der Waals surface area contributed by atoms with Gasteiger partial charge in [0.25, 0.3) is 0 Å². The largest absolute Gasteiger partial charge is 0.478 e. The van der Waals surface area contributed by atoms with Gasteiger partial charge in [-0.05, 0) is 67.4 Å². The number of carboxylic acids is 1. The minimum absolute atomic E-state index is 0.0581. The summed E-state index contributed by atoms with van der Waals surface area (Å²) in [6.45, 7) is 3.22. The zero-order valence-electron chi connectivity index (χ0n) is 18.5. The predicted molar refractivity (Wildman–Crippen MR) is 136 cm³/mol. The molecule has 0 aliphatic heterocycles. The van der Waals surface area contributed by atoms with Crippen LogP contribution in [0.3, 0.4) is 0 Å². The second-order valence-corrected chi connectivity index (χ2v) is 9.09. The lowest BCUT2D eigenvalue weighted by Crippen LogP contribution is -2.19. The van der Waals surface area contributed by atoms with Gasteiger partial charge in [0.2, 0.25) is 11.8 Å². The highest BCUT2D eigenvalue weighted by Crippen LogP contribution is 2.37. The van der Waals surface area contributed by atoms with Gasteiger partial charge in [0.05, 0.1) is 0 Å². The molecule has 0 spiro atoms. The zero-order chi connectivity index (χ0) is 24.7. The maximum atomic E-state index is 13.2. The summed E-state index contributed by atoms with van der Waals surface area (Å²) >= 11 is 7.47. The van der Waals surface area contributed by atoms with Crippen LogP contribution in [0.1, 0.15) is 23.3 Å². The maximum absolute atomic E-state index is 13.2. The molecule has 3 aromatic carbocycles. The van der Waals surface area contributed by atoms with Crippen molar-refractivity contribution in [1.29, 1.82) is 0 Å². The molecular weight excluding hydrogens is 472 g/mol. The highest BCUT2D eigenvalue weighted by atomic mass is 35.5. The Morgan fingerprint density at radius 1 is 0.941 bits per heavy atom. The van der Waals surface area contributed by atoms with E-state index in [1.165, 1.54) is 18.7 Å². The van der Waals surface area contributed by atoms with Gasteiger partial charge >= 0.3 is 5.97 Å². The Morgan fingerprint density at radius 3 is 2.21 bits per heavy atom. The van der Waals surface area contributed by atoms with Crippen molar-refractivity contribution in [1.82, 2.24) is 0 Å². The van der Waals surface area contributed by atoms with E-state index in [0.717, 1.165) is 22.1 Å². The molecule has 0 aliphatic carbocycles. The standard InChI is InChI=1S/C26H23ClN2O4S/c1-16-14-20(10-13-22(16)27)29-25(31)24(18-6-4-3-5-7-18)34-21-11-8-19(9-12-21)28-23(30)15-17(2)26(32)33/h3-15,24H,1-2H3,(H,28,30)(H,29,31)(H,32,33)/b17-15+/t24-/m0/s1. The first-order chi connectivity index (χ1) is 16.2. The summed E-state index contributed by atoms with van der Waals surface area (Å²) in [5.74, 6) is -1.86. The van der Waals surface area contributed by atoms with Crippen molar-refractivity contribution >= 4 is 52.5 Å². The Kier molecular flexibility index (Phi) is 8.51. The van der Waals surface area contributed by atoms with E-state index in [4.69, 9.17) is 16.7 Å². The molecule has 34 heavy (non-hydrogen) atoms. The van der Waals surface area contributed by atoms with Gasteiger partial charge in [-0.2, -0.15) is 0 Å². The molecule has 0 aliphatic rings. The quantitative estimate of drug-likeness (QED) is 0.260. The third-order valence-electron chi connectivity index (χ3n) is 4.83. The highest BCUT2D eigenvalue weighted by Gasteiger charge is 2.22. The molecular formula is C26H23ClN2O4S. The highest BCUT2D eigenvalue weighted by molar-refractivity contribution is 8.00. The third kappa shape index (κ3) is 6.97. The van der Waals surface area contributed by atoms with Gasteiger partial charge in [-0.25, -0.2) is 4.79 Å². The third-order valence-corrected chi connectivity index (χ3v) is 6.52. The van der Waals surface area contributed by atoms with E-state index in [0.29, 0.717) is 16.4 Å². The van der Waals surface area contributed by atoms with E-state index < -0.39 is 17.1 Å². The first-order valence-corrected chi connectivity index (χ1v) is 11.6. The van der Waals surface area contributed by atoms with E-state index in [9.17, 15) is 14.4 Å². The second-order valence-electron chi connectivity index (χ2n) is 7.51. The normalized spacial score (nSPS) is 12.0. The number of anilines is 2. The van der Waals surface area contributed by atoms with Crippen LogP contribution in [0, 0.1) is 6.92 Å². The van der Waals surface area contributed by atoms with Crippen LogP contribution in [0.5, 0.6) is 0 Å². The summed E-state index contributed by atoms with van der Waals surface area (Å²) < 4.78 is 0. The molecule has 0 unspecified atom stereocenters. The number of hydrogen-bond donors (Lipinski definition) is 3. The fourth-order valence-corrected chi connectivity index (χ4v) is 4.16. The van der Waals surface area contributed by atoms with Gasteiger partial charge in [-0.3, -0.25) is 9.59 Å². The Bertz CT molecular complexity index is 1230. The smallest absolute Gasteiger partial charge is 0.331 e. The van der Waals surface area contributed by atoms with Crippen molar-refractivity contribution in [3.05, 3.63) is 101 Å². The van der Waals surface area contributed by atoms with Crippen LogP contribution < -0.4 is 10.6 Å². The summed E-state index contributed by atoms with van der Waals surface area (Å²) in [7, 11) is 0. The number of hydrogen-bond acceptors (Lipinski definition) is 4. The number of aryl methyl sites for hydroxylation is 1. The SMILES string of the molecule is C/C(=C\C(=O)Nc1ccc(S[C@H](C(=O)Nc2ccc(Cl)c(C)c2)c2ccccc2)cc1)C(=O)O. The van der Waals surface area contributed by atoms with Crippen molar-refractivity contribution in [3.8, 4) is 0 Å². The summed E-state index contributed by atoms with van der Waals surface area (Å²) in [4.78, 5) is 36.9. The number of thioether (sulfide) groups is 1. The van der Waals surface area contributed by atoms with E-state index >= 15 is 0 Å². The van der Waals surface area contributed by atoms with Gasteiger partial charge < -0.3 is 15.7 Å². The summed E-state index contributed by atoms with van der Waals surface area (Å²) in [5, 5.41) is 14.6. The molecule has 1 atom stereocenters. The number of halogens is 1. The maximum Gasteiger partial charge on any atom is 0.331 e. The van der Waals surface area contributed by atoms with Crippen LogP contribution in [0.4, 0.5) is 11.4 Å². The van der Waals surface area contributed by atoms with E-state index in [2.05, 4.69) is 10.6 Å². The molecule has 0 fully saturated rings. The first kappa shape index (κ1) is 25.1. The van der Waals surface area contributed by atoms with Crippen LogP contribution in [-0.2, 0) is 14.4 Å². The predicted octanol–water partition coefficient (Wildman–Crippen LogP) is 6.09. The molecule has 0 saturated carbocycles. The van der Waals surface area contributed by atoms with E-state index in [1.54, 1.807) is 36.4 Å². The van der Waals surface area contributed by atoms with Gasteiger partial charge in [-0.15, -0.1) is 11.8 Å². The fourth-order valence-electron chi connectivity index (χ4n) is 3.02. The summed E-state index contributed by atoms with van der Waals surface area (Å²) in [5.41, 5.74) is 2.84. The van der Waals surface area contributed by atoms with Crippen LogP contribution >= 0.6 is 23.4 Å². The van der Waals surface area contributed by atoms with Crippen LogP contribution in [0.2, 0.25) is 5.02 Å². The number of carbonyl (C=O) groups excluding carboxylic acids is 2. The van der Waals surface area contributed by atoms with Gasteiger partial charge in [-0.1, -0.05) is 41.9 Å². The van der Waals surface area contributed by atoms with Crippen LogP contribution in [-0.4, -0.2) is 22.9 Å². The van der Waals surface area contributed by atoms with Crippen molar-refractivity contribution < 1.29 is 19.5 Å². The van der Waals surface area contributed by atoms with Crippen LogP contribution in [0.15, 0.2) is 89.3 Å². The molecule has 3 rings (SSSR count). The van der Waals surface area contributed by atoms with Gasteiger partial charge in [0, 0.05) is 32.9 Å². The van der Waals surface area contributed by atoms with Gasteiger partial charge in [0.1, 0.15) is 5.25 Å². The lowest BCUT2D eigenvalue weighted by molar-refractivity contribution is -0.132. The lowest BCUT2D eigenvalue weighted by Gasteiger charge is -2.18. The Morgan fingerprint density at radius 2 is 1.59 bits per heavy atom. The molecule has 6 nitrogen and oxygen atoms in total. The number of benzene rings is 3. The average Bonchev–Trinajstić information content (AvgIpc) is 2.81. The lowest BCUT2D eigenvalue weighted by atomic mass is 10.1. The minimum atomic E-state index is -1.15. The molecule has 0 heterocycles. The first-order valence-electron chi connectivity index (χ1n) is 10.3. The average molecular weight is 495 g/mol. The number of amides is 2. The van der Waals surface area contributed by atoms with Crippen molar-refractivity contribution in [2.45, 2.75) is 24.0 Å². The van der Waals surface area contributed by atoms with Crippen molar-refractivity contribution in [2.75, 3.05) is 10.6 Å². The molecule has 3 N–H and O–H groups in total. The molecule has 0 saturated heterocycles. The molecule has 174 valence electrons. The molecule has 0 bridgehead atoms. The minimum Gasteiger partial charge on any atom is -0.478 e.